The summed E-state index contributed by atoms with van der Waals surface area (Å²) in [6, 6.07) is 3.71. The van der Waals surface area contributed by atoms with Crippen molar-refractivity contribution in [1.82, 2.24) is 4.98 Å². The summed E-state index contributed by atoms with van der Waals surface area (Å²) in [5.41, 5.74) is -0.216. The van der Waals surface area contributed by atoms with Crippen LogP contribution in [-0.4, -0.2) is 12.0 Å². The molecule has 0 radical (unpaired) electrons. The average Bonchev–Trinajstić information content (AvgIpc) is 2.27. The number of pyridine rings is 1. The second kappa shape index (κ2) is 4.41. The number of benzene rings is 1. The third kappa shape index (κ3) is 2.15. The Morgan fingerprint density at radius 2 is 2.00 bits per heavy atom. The van der Waals surface area contributed by atoms with Crippen LogP contribution in [0.3, 0.4) is 0 Å². The lowest BCUT2D eigenvalue weighted by Crippen LogP contribution is -1.98. The van der Waals surface area contributed by atoms with Gasteiger partial charge >= 0.3 is 0 Å². The van der Waals surface area contributed by atoms with Gasteiger partial charge in [0.2, 0.25) is 0 Å². The molecule has 0 aliphatic carbocycles. The summed E-state index contributed by atoms with van der Waals surface area (Å²) in [5.74, 6) is -0.716. The largest absolute Gasteiger partial charge is 0.388 e. The van der Waals surface area contributed by atoms with E-state index in [2.05, 4.69) is 10.3 Å². The lowest BCUT2D eigenvalue weighted by atomic mass is 10.1. The van der Waals surface area contributed by atoms with E-state index in [1.165, 1.54) is 12.1 Å². The molecular weight excluding hydrogens is 253 g/mol. The summed E-state index contributed by atoms with van der Waals surface area (Å²) in [6.07, 6.45) is -2.75. The van der Waals surface area contributed by atoms with Gasteiger partial charge in [-0.05, 0) is 18.2 Å². The van der Waals surface area contributed by atoms with Gasteiger partial charge in [-0.1, -0.05) is 11.6 Å². The van der Waals surface area contributed by atoms with Crippen molar-refractivity contribution in [3.05, 3.63) is 34.7 Å². The molecule has 0 bridgehead atoms. The van der Waals surface area contributed by atoms with Gasteiger partial charge in [-0.15, -0.1) is 0 Å². The molecule has 1 aromatic carbocycles. The van der Waals surface area contributed by atoms with Gasteiger partial charge in [0.15, 0.2) is 5.82 Å². The molecule has 6 heteroatoms. The van der Waals surface area contributed by atoms with Gasteiger partial charge < -0.3 is 5.32 Å². The first-order valence-electron chi connectivity index (χ1n) is 4.78. The van der Waals surface area contributed by atoms with Crippen molar-refractivity contribution in [1.29, 1.82) is 0 Å². The number of halogens is 4. The third-order valence-electron chi connectivity index (χ3n) is 2.34. The van der Waals surface area contributed by atoms with Crippen LogP contribution in [-0.2, 0) is 0 Å². The van der Waals surface area contributed by atoms with E-state index >= 15 is 0 Å². The van der Waals surface area contributed by atoms with E-state index in [0.717, 1.165) is 6.07 Å². The highest BCUT2D eigenvalue weighted by atomic mass is 35.5. The van der Waals surface area contributed by atoms with Crippen molar-refractivity contribution in [2.45, 2.75) is 6.43 Å². The first-order chi connectivity index (χ1) is 8.02. The van der Waals surface area contributed by atoms with Crippen LogP contribution in [0.2, 0.25) is 5.02 Å². The fraction of sp³-hybridized carbons (Fsp3) is 0.182. The minimum absolute atomic E-state index is 0.114. The number of aromatic nitrogens is 1. The van der Waals surface area contributed by atoms with Crippen molar-refractivity contribution in [3.8, 4) is 0 Å². The van der Waals surface area contributed by atoms with Crippen LogP contribution < -0.4 is 5.32 Å². The van der Waals surface area contributed by atoms with Crippen molar-refractivity contribution in [3.63, 3.8) is 0 Å². The predicted octanol–water partition coefficient (Wildman–Crippen LogP) is 4.01. The van der Waals surface area contributed by atoms with E-state index in [9.17, 15) is 13.2 Å². The summed E-state index contributed by atoms with van der Waals surface area (Å²) in [5, 5.41) is 3.29. The van der Waals surface area contributed by atoms with E-state index in [4.69, 9.17) is 11.6 Å². The zero-order valence-corrected chi connectivity index (χ0v) is 9.52. The van der Waals surface area contributed by atoms with Crippen molar-refractivity contribution in [2.24, 2.45) is 0 Å². The predicted molar refractivity (Wildman–Crippen MR) is 61.2 cm³/mol. The van der Waals surface area contributed by atoms with Crippen molar-refractivity contribution in [2.75, 3.05) is 12.4 Å². The molecule has 0 fully saturated rings. The number of fused-ring (bicyclic) bond motifs is 1. The summed E-state index contributed by atoms with van der Waals surface area (Å²) in [7, 11) is 1.56. The average molecular weight is 261 g/mol. The van der Waals surface area contributed by atoms with Gasteiger partial charge in [0.05, 0.1) is 0 Å². The quantitative estimate of drug-likeness (QED) is 0.883. The Balaban J connectivity index is 2.82. The molecule has 17 heavy (non-hydrogen) atoms. The van der Waals surface area contributed by atoms with Gasteiger partial charge in [0.25, 0.3) is 6.43 Å². The zero-order chi connectivity index (χ0) is 12.6. The minimum atomic E-state index is -2.75. The molecule has 2 nitrogen and oxygen atoms in total. The molecule has 1 N–H and O–H groups in total. The first kappa shape index (κ1) is 12.0. The molecule has 90 valence electrons. The fourth-order valence-electron chi connectivity index (χ4n) is 1.59. The number of nitrogens with zero attached hydrogens (tertiary/aromatic N) is 1. The van der Waals surface area contributed by atoms with E-state index in [1.54, 1.807) is 7.05 Å². The molecule has 0 amide bonds. The highest BCUT2D eigenvalue weighted by Gasteiger charge is 2.15. The molecule has 2 aromatic rings. The number of anilines is 1. The highest BCUT2D eigenvalue weighted by Crippen LogP contribution is 2.31. The molecule has 0 saturated carbocycles. The molecule has 0 spiro atoms. The smallest absolute Gasteiger partial charge is 0.280 e. The summed E-state index contributed by atoms with van der Waals surface area (Å²) in [6.45, 7) is 0. The van der Waals surface area contributed by atoms with Gasteiger partial charge in [0.1, 0.15) is 11.2 Å². The van der Waals surface area contributed by atoms with Crippen LogP contribution in [0.5, 0.6) is 0 Å². The number of hydrogen-bond acceptors (Lipinski definition) is 2. The first-order valence-corrected chi connectivity index (χ1v) is 5.16. The molecule has 2 rings (SSSR count). The lowest BCUT2D eigenvalue weighted by molar-refractivity contribution is 0.146. The minimum Gasteiger partial charge on any atom is -0.388 e. The standard InChI is InChI=1S/C11H8ClF3N2/c1-16-8-4-9(11(14)15)17-10-6(8)2-5(12)3-7(10)13/h2-4,11H,1H3,(H,16,17). The zero-order valence-electron chi connectivity index (χ0n) is 8.77. The van der Waals surface area contributed by atoms with Crippen LogP contribution in [0.4, 0.5) is 18.9 Å². The molecule has 0 atom stereocenters. The van der Waals surface area contributed by atoms with Crippen LogP contribution in [0, 0.1) is 5.82 Å². The summed E-state index contributed by atoms with van der Waals surface area (Å²) in [4.78, 5) is 3.60. The monoisotopic (exact) mass is 260 g/mol. The van der Waals surface area contributed by atoms with Gasteiger partial charge in [-0.3, -0.25) is 0 Å². The molecule has 0 aliphatic heterocycles. The topological polar surface area (TPSA) is 24.9 Å². The number of hydrogen-bond donors (Lipinski definition) is 1. The maximum atomic E-state index is 13.6. The Hall–Kier alpha value is -1.49. The Morgan fingerprint density at radius 3 is 2.59 bits per heavy atom. The van der Waals surface area contributed by atoms with E-state index in [1.807, 2.05) is 0 Å². The van der Waals surface area contributed by atoms with Gasteiger partial charge in [-0.25, -0.2) is 18.2 Å². The van der Waals surface area contributed by atoms with Crippen LogP contribution in [0.1, 0.15) is 12.1 Å². The van der Waals surface area contributed by atoms with E-state index < -0.39 is 17.9 Å². The van der Waals surface area contributed by atoms with Gasteiger partial charge in [0, 0.05) is 23.1 Å². The Bertz CT molecular complexity index is 572. The maximum Gasteiger partial charge on any atom is 0.280 e. The number of alkyl halides is 2. The molecular formula is C11H8ClF3N2. The van der Waals surface area contributed by atoms with E-state index in [-0.39, 0.29) is 10.5 Å². The molecule has 0 aliphatic rings. The molecule has 1 aromatic heterocycles. The number of rotatable bonds is 2. The molecule has 0 unspecified atom stereocenters. The SMILES string of the molecule is CNc1cc(C(F)F)nc2c(F)cc(Cl)cc12. The van der Waals surface area contributed by atoms with Crippen molar-refractivity contribution >= 4 is 28.2 Å². The van der Waals surface area contributed by atoms with Crippen LogP contribution in [0.25, 0.3) is 10.9 Å². The highest BCUT2D eigenvalue weighted by molar-refractivity contribution is 6.31. The van der Waals surface area contributed by atoms with Gasteiger partial charge in [-0.2, -0.15) is 0 Å². The van der Waals surface area contributed by atoms with Crippen LogP contribution in [0.15, 0.2) is 18.2 Å². The molecule has 0 saturated heterocycles. The van der Waals surface area contributed by atoms with Crippen molar-refractivity contribution < 1.29 is 13.2 Å². The fourth-order valence-corrected chi connectivity index (χ4v) is 1.80. The Morgan fingerprint density at radius 1 is 1.29 bits per heavy atom. The maximum absolute atomic E-state index is 13.6. The normalized spacial score (nSPS) is 11.2. The second-order valence-corrected chi connectivity index (χ2v) is 3.87. The lowest BCUT2D eigenvalue weighted by Gasteiger charge is -2.09. The third-order valence-corrected chi connectivity index (χ3v) is 2.56. The van der Waals surface area contributed by atoms with E-state index in [0.29, 0.717) is 11.1 Å². The van der Waals surface area contributed by atoms with Crippen LogP contribution >= 0.6 is 11.6 Å². The Kier molecular flexibility index (Phi) is 3.11. The summed E-state index contributed by atoms with van der Waals surface area (Å²) >= 11 is 5.71. The molecule has 1 heterocycles. The number of nitrogens with one attached hydrogen (secondary N) is 1. The Labute approximate surface area is 100 Å². The summed E-state index contributed by atoms with van der Waals surface area (Å²) < 4.78 is 38.8. The second-order valence-electron chi connectivity index (χ2n) is 3.43.